The van der Waals surface area contributed by atoms with Gasteiger partial charge in [0.15, 0.2) is 0 Å². The van der Waals surface area contributed by atoms with Gasteiger partial charge in [0, 0.05) is 18.3 Å². The fraction of sp³-hybridized carbons (Fsp3) is 1.00. The summed E-state index contributed by atoms with van der Waals surface area (Å²) >= 11 is 1.93. The van der Waals surface area contributed by atoms with E-state index in [-0.39, 0.29) is 0 Å². The van der Waals surface area contributed by atoms with Crippen molar-refractivity contribution in [3.63, 3.8) is 0 Å². The number of hydrogen-bond donors (Lipinski definition) is 1. The largest absolute Gasteiger partial charge is 0.330 e. The minimum absolute atomic E-state index is 0.397. The Bertz CT molecular complexity index is 212. The normalized spacial score (nSPS) is 31.8. The SMILES string of the molecule is CSCC(C)N(C)CC1(CN)CCC(C)CC1. The van der Waals surface area contributed by atoms with Gasteiger partial charge in [-0.15, -0.1) is 0 Å². The van der Waals surface area contributed by atoms with Crippen LogP contribution in [0.25, 0.3) is 0 Å². The van der Waals surface area contributed by atoms with Gasteiger partial charge in [-0.2, -0.15) is 11.8 Å². The molecule has 2 N–H and O–H groups in total. The van der Waals surface area contributed by atoms with E-state index in [0.717, 1.165) is 12.5 Å². The van der Waals surface area contributed by atoms with Crippen LogP contribution in [-0.2, 0) is 0 Å². The molecule has 0 aromatic rings. The van der Waals surface area contributed by atoms with Crippen molar-refractivity contribution >= 4 is 11.8 Å². The zero-order valence-electron chi connectivity index (χ0n) is 12.0. The van der Waals surface area contributed by atoms with E-state index < -0.39 is 0 Å². The lowest BCUT2D eigenvalue weighted by atomic mass is 9.70. The third kappa shape index (κ3) is 4.46. The van der Waals surface area contributed by atoms with Gasteiger partial charge in [0.2, 0.25) is 0 Å². The molecule has 1 aliphatic rings. The molecule has 0 bridgehead atoms. The lowest BCUT2D eigenvalue weighted by molar-refractivity contribution is 0.0950. The van der Waals surface area contributed by atoms with E-state index in [1.54, 1.807) is 0 Å². The van der Waals surface area contributed by atoms with Gasteiger partial charge in [0.1, 0.15) is 0 Å². The Morgan fingerprint density at radius 2 is 2.00 bits per heavy atom. The number of thioether (sulfide) groups is 1. The van der Waals surface area contributed by atoms with E-state index in [4.69, 9.17) is 5.73 Å². The Balaban J connectivity index is 2.50. The van der Waals surface area contributed by atoms with E-state index in [0.29, 0.717) is 11.5 Å². The first-order chi connectivity index (χ1) is 8.03. The van der Waals surface area contributed by atoms with Crippen LogP contribution in [0.1, 0.15) is 39.5 Å². The first-order valence-electron chi connectivity index (χ1n) is 6.92. The van der Waals surface area contributed by atoms with Crippen molar-refractivity contribution in [2.24, 2.45) is 17.1 Å². The van der Waals surface area contributed by atoms with E-state index in [1.807, 2.05) is 11.8 Å². The third-order valence-corrected chi connectivity index (χ3v) is 5.33. The van der Waals surface area contributed by atoms with Crippen molar-refractivity contribution < 1.29 is 0 Å². The maximum Gasteiger partial charge on any atom is 0.0155 e. The van der Waals surface area contributed by atoms with Crippen molar-refractivity contribution in [2.45, 2.75) is 45.6 Å². The number of hydrogen-bond acceptors (Lipinski definition) is 3. The molecular formula is C14H30N2S. The van der Waals surface area contributed by atoms with Crippen molar-refractivity contribution in [1.29, 1.82) is 0 Å². The summed E-state index contributed by atoms with van der Waals surface area (Å²) in [6.07, 6.45) is 7.55. The van der Waals surface area contributed by atoms with Crippen LogP contribution in [0.2, 0.25) is 0 Å². The molecule has 102 valence electrons. The molecule has 0 amide bonds. The lowest BCUT2D eigenvalue weighted by Gasteiger charge is -2.42. The summed E-state index contributed by atoms with van der Waals surface area (Å²) in [6.45, 7) is 6.74. The number of nitrogens with zero attached hydrogens (tertiary/aromatic N) is 1. The van der Waals surface area contributed by atoms with Gasteiger partial charge in [0.05, 0.1) is 0 Å². The average molecular weight is 258 g/mol. The molecule has 0 heterocycles. The Labute approximate surface area is 112 Å². The number of nitrogens with two attached hydrogens (primary N) is 1. The highest BCUT2D eigenvalue weighted by molar-refractivity contribution is 7.98. The predicted molar refractivity (Wildman–Crippen MR) is 79.6 cm³/mol. The zero-order valence-corrected chi connectivity index (χ0v) is 12.9. The molecule has 2 nitrogen and oxygen atoms in total. The summed E-state index contributed by atoms with van der Waals surface area (Å²) in [5, 5.41) is 0. The van der Waals surface area contributed by atoms with Crippen molar-refractivity contribution in [2.75, 3.05) is 32.1 Å². The van der Waals surface area contributed by atoms with Crippen molar-refractivity contribution in [1.82, 2.24) is 4.90 Å². The topological polar surface area (TPSA) is 29.3 Å². The molecule has 1 atom stereocenters. The van der Waals surface area contributed by atoms with Gasteiger partial charge in [0.25, 0.3) is 0 Å². The minimum atomic E-state index is 0.397. The summed E-state index contributed by atoms with van der Waals surface area (Å²) < 4.78 is 0. The first kappa shape index (κ1) is 15.3. The molecule has 1 aliphatic carbocycles. The monoisotopic (exact) mass is 258 g/mol. The average Bonchev–Trinajstić information content (AvgIpc) is 2.33. The van der Waals surface area contributed by atoms with Gasteiger partial charge in [-0.05, 0) is 50.9 Å². The van der Waals surface area contributed by atoms with Gasteiger partial charge in [-0.1, -0.05) is 19.8 Å². The van der Waals surface area contributed by atoms with Crippen LogP contribution < -0.4 is 5.73 Å². The maximum atomic E-state index is 6.07. The van der Waals surface area contributed by atoms with Crippen LogP contribution in [-0.4, -0.2) is 43.1 Å². The second kappa shape index (κ2) is 7.01. The molecule has 3 heteroatoms. The molecule has 0 aromatic carbocycles. The quantitative estimate of drug-likeness (QED) is 0.794. The van der Waals surface area contributed by atoms with Gasteiger partial charge >= 0.3 is 0 Å². The van der Waals surface area contributed by atoms with Gasteiger partial charge < -0.3 is 10.6 Å². The predicted octanol–water partition coefficient (Wildman–Crippen LogP) is 2.82. The van der Waals surface area contributed by atoms with Crippen LogP contribution in [0.4, 0.5) is 0 Å². The van der Waals surface area contributed by atoms with E-state index in [2.05, 4.69) is 32.1 Å². The van der Waals surface area contributed by atoms with Crippen molar-refractivity contribution in [3.8, 4) is 0 Å². The molecule has 0 spiro atoms. The van der Waals surface area contributed by atoms with Gasteiger partial charge in [-0.25, -0.2) is 0 Å². The Morgan fingerprint density at radius 3 is 2.47 bits per heavy atom. The number of rotatable bonds is 6. The van der Waals surface area contributed by atoms with E-state index in [1.165, 1.54) is 38.0 Å². The molecule has 17 heavy (non-hydrogen) atoms. The summed E-state index contributed by atoms with van der Waals surface area (Å²) in [6, 6.07) is 0.660. The molecule has 0 saturated heterocycles. The summed E-state index contributed by atoms with van der Waals surface area (Å²) in [5.41, 5.74) is 6.47. The summed E-state index contributed by atoms with van der Waals surface area (Å²) in [7, 11) is 2.26. The molecule has 1 saturated carbocycles. The standard InChI is InChI=1S/C14H30N2S/c1-12-5-7-14(10-15,8-6-12)11-16(3)13(2)9-17-4/h12-13H,5-11,15H2,1-4H3. The second-order valence-corrected chi connectivity index (χ2v) is 7.02. The first-order valence-corrected chi connectivity index (χ1v) is 8.31. The minimum Gasteiger partial charge on any atom is -0.330 e. The van der Waals surface area contributed by atoms with Crippen molar-refractivity contribution in [3.05, 3.63) is 0 Å². The Kier molecular flexibility index (Phi) is 6.32. The Morgan fingerprint density at radius 1 is 1.41 bits per heavy atom. The highest BCUT2D eigenvalue weighted by Gasteiger charge is 2.34. The Hall–Kier alpha value is 0.270. The smallest absolute Gasteiger partial charge is 0.0155 e. The fourth-order valence-electron chi connectivity index (χ4n) is 2.85. The molecule has 1 fully saturated rings. The third-order valence-electron chi connectivity index (χ3n) is 4.51. The van der Waals surface area contributed by atoms with E-state index >= 15 is 0 Å². The van der Waals surface area contributed by atoms with Crippen LogP contribution in [0, 0.1) is 11.3 Å². The molecule has 0 aliphatic heterocycles. The van der Waals surface area contributed by atoms with E-state index in [9.17, 15) is 0 Å². The zero-order chi connectivity index (χ0) is 12.9. The molecular weight excluding hydrogens is 228 g/mol. The van der Waals surface area contributed by atoms with Crippen LogP contribution in [0.15, 0.2) is 0 Å². The molecule has 1 rings (SSSR count). The van der Waals surface area contributed by atoms with Crippen LogP contribution in [0.5, 0.6) is 0 Å². The maximum absolute atomic E-state index is 6.07. The summed E-state index contributed by atoms with van der Waals surface area (Å²) in [4.78, 5) is 2.51. The molecule has 0 radical (unpaired) electrons. The molecule has 0 aromatic heterocycles. The lowest BCUT2D eigenvalue weighted by Crippen LogP contribution is -2.46. The van der Waals surface area contributed by atoms with Gasteiger partial charge in [-0.3, -0.25) is 0 Å². The highest BCUT2D eigenvalue weighted by Crippen LogP contribution is 2.38. The molecule has 1 unspecified atom stereocenters. The van der Waals surface area contributed by atoms with Crippen LogP contribution >= 0.6 is 11.8 Å². The summed E-state index contributed by atoms with van der Waals surface area (Å²) in [5.74, 6) is 2.12. The second-order valence-electron chi connectivity index (χ2n) is 6.11. The fourth-order valence-corrected chi connectivity index (χ4v) is 3.59. The highest BCUT2D eigenvalue weighted by atomic mass is 32.2. The van der Waals surface area contributed by atoms with Crippen LogP contribution in [0.3, 0.4) is 0 Å².